The molecule has 0 saturated heterocycles. The summed E-state index contributed by atoms with van der Waals surface area (Å²) in [5, 5.41) is 4.43. The van der Waals surface area contributed by atoms with Crippen LogP contribution in [-0.2, 0) is 0 Å². The lowest BCUT2D eigenvalue weighted by atomic mass is 9.98. The van der Waals surface area contributed by atoms with Gasteiger partial charge in [0.1, 0.15) is 4.88 Å². The molecular weight excluding hydrogens is 292 g/mol. The number of hydrogen-bond donors (Lipinski definition) is 2. The highest BCUT2D eigenvalue weighted by molar-refractivity contribution is 7.21. The average molecular weight is 311 g/mol. The highest BCUT2D eigenvalue weighted by Gasteiger charge is 2.17. The maximum Gasteiger partial charge on any atom is 0.263 e. The van der Waals surface area contributed by atoms with Gasteiger partial charge in [0.2, 0.25) is 0 Å². The average Bonchev–Trinajstić information content (AvgIpc) is 2.73. The molecule has 0 aliphatic rings. The van der Waals surface area contributed by atoms with Crippen LogP contribution in [0.2, 0.25) is 5.02 Å². The second-order valence-electron chi connectivity index (χ2n) is 5.42. The van der Waals surface area contributed by atoms with Gasteiger partial charge in [0, 0.05) is 21.7 Å². The van der Waals surface area contributed by atoms with Crippen LogP contribution < -0.4 is 11.1 Å². The number of hydrogen-bond acceptors (Lipinski definition) is 3. The number of thiophene rings is 1. The molecule has 1 amide bonds. The number of nitrogen functional groups attached to an aromatic ring is 1. The molecule has 1 atom stereocenters. The van der Waals surface area contributed by atoms with Crippen molar-refractivity contribution in [1.82, 2.24) is 5.32 Å². The van der Waals surface area contributed by atoms with Crippen molar-refractivity contribution in [2.75, 3.05) is 12.3 Å². The van der Waals surface area contributed by atoms with Crippen molar-refractivity contribution in [2.24, 2.45) is 11.8 Å². The summed E-state index contributed by atoms with van der Waals surface area (Å²) in [7, 11) is 0. The van der Waals surface area contributed by atoms with Gasteiger partial charge in [0.25, 0.3) is 5.91 Å². The SMILES string of the molecule is CC(C)C(C)CNC(=O)c1sc2ccc(Cl)cc2c1N. The number of amides is 1. The Labute approximate surface area is 128 Å². The molecule has 3 N–H and O–H groups in total. The molecule has 2 aromatic rings. The van der Waals surface area contributed by atoms with Crippen molar-refractivity contribution in [3.63, 3.8) is 0 Å². The maximum atomic E-state index is 12.2. The quantitative estimate of drug-likeness (QED) is 0.891. The first-order valence-electron chi connectivity index (χ1n) is 6.66. The molecule has 0 bridgehead atoms. The lowest BCUT2D eigenvalue weighted by Gasteiger charge is -2.15. The zero-order valence-electron chi connectivity index (χ0n) is 11.9. The summed E-state index contributed by atoms with van der Waals surface area (Å²) >= 11 is 7.37. The minimum atomic E-state index is -0.104. The van der Waals surface area contributed by atoms with Crippen molar-refractivity contribution < 1.29 is 4.79 Å². The fourth-order valence-electron chi connectivity index (χ4n) is 1.83. The van der Waals surface area contributed by atoms with Crippen molar-refractivity contribution in [1.29, 1.82) is 0 Å². The molecule has 20 heavy (non-hydrogen) atoms. The highest BCUT2D eigenvalue weighted by atomic mass is 35.5. The Balaban J connectivity index is 2.20. The number of nitrogens with two attached hydrogens (primary N) is 1. The molecule has 3 nitrogen and oxygen atoms in total. The Morgan fingerprint density at radius 1 is 1.40 bits per heavy atom. The van der Waals surface area contributed by atoms with E-state index >= 15 is 0 Å². The van der Waals surface area contributed by atoms with Crippen LogP contribution in [0.1, 0.15) is 30.4 Å². The summed E-state index contributed by atoms with van der Waals surface area (Å²) in [6.45, 7) is 7.07. The third kappa shape index (κ3) is 3.07. The van der Waals surface area contributed by atoms with Crippen molar-refractivity contribution >= 4 is 44.6 Å². The Morgan fingerprint density at radius 2 is 2.10 bits per heavy atom. The van der Waals surface area contributed by atoms with E-state index in [1.54, 1.807) is 6.07 Å². The summed E-state index contributed by atoms with van der Waals surface area (Å²) in [4.78, 5) is 12.8. The fraction of sp³-hybridized carbons (Fsp3) is 0.400. The Hall–Kier alpha value is -1.26. The molecule has 5 heteroatoms. The van der Waals surface area contributed by atoms with Gasteiger partial charge in [-0.25, -0.2) is 0 Å². The van der Waals surface area contributed by atoms with Crippen LogP contribution in [0.15, 0.2) is 18.2 Å². The van der Waals surface area contributed by atoms with Gasteiger partial charge in [0.05, 0.1) is 5.69 Å². The molecular formula is C15H19ClN2OS. The van der Waals surface area contributed by atoms with Crippen LogP contribution in [0.5, 0.6) is 0 Å². The van der Waals surface area contributed by atoms with E-state index in [1.807, 2.05) is 12.1 Å². The van der Waals surface area contributed by atoms with Gasteiger partial charge in [-0.3, -0.25) is 4.79 Å². The van der Waals surface area contributed by atoms with E-state index in [9.17, 15) is 4.79 Å². The first kappa shape index (κ1) is 15.1. The summed E-state index contributed by atoms with van der Waals surface area (Å²) in [5.41, 5.74) is 6.58. The van der Waals surface area contributed by atoms with E-state index in [1.165, 1.54) is 11.3 Å². The van der Waals surface area contributed by atoms with Crippen LogP contribution >= 0.6 is 22.9 Å². The zero-order valence-corrected chi connectivity index (χ0v) is 13.4. The van der Waals surface area contributed by atoms with Gasteiger partial charge in [0.15, 0.2) is 0 Å². The van der Waals surface area contributed by atoms with Crippen LogP contribution in [-0.4, -0.2) is 12.5 Å². The third-order valence-electron chi connectivity index (χ3n) is 3.62. The summed E-state index contributed by atoms with van der Waals surface area (Å²) in [6.07, 6.45) is 0. The smallest absolute Gasteiger partial charge is 0.263 e. The molecule has 0 spiro atoms. The van der Waals surface area contributed by atoms with E-state index in [4.69, 9.17) is 17.3 Å². The van der Waals surface area contributed by atoms with Crippen LogP contribution in [0.3, 0.4) is 0 Å². The number of carbonyl (C=O) groups excluding carboxylic acids is 1. The third-order valence-corrected chi connectivity index (χ3v) is 5.04. The first-order chi connectivity index (χ1) is 9.40. The summed E-state index contributed by atoms with van der Waals surface area (Å²) in [6, 6.07) is 5.50. The van der Waals surface area contributed by atoms with Gasteiger partial charge in [-0.05, 0) is 30.0 Å². The topological polar surface area (TPSA) is 55.1 Å². The molecule has 0 radical (unpaired) electrons. The van der Waals surface area contributed by atoms with E-state index in [0.29, 0.717) is 34.0 Å². The molecule has 0 saturated carbocycles. The Kier molecular flexibility index (Phi) is 4.55. The molecule has 2 rings (SSSR count). The number of rotatable bonds is 4. The van der Waals surface area contributed by atoms with Crippen molar-refractivity contribution in [3.8, 4) is 0 Å². The van der Waals surface area contributed by atoms with E-state index in [-0.39, 0.29) is 5.91 Å². The van der Waals surface area contributed by atoms with E-state index in [0.717, 1.165) is 10.1 Å². The zero-order chi connectivity index (χ0) is 14.9. The predicted molar refractivity (Wildman–Crippen MR) is 87.6 cm³/mol. The standard InChI is InChI=1S/C15H19ClN2OS/c1-8(2)9(3)7-18-15(19)14-13(17)11-6-10(16)4-5-12(11)20-14/h4-6,8-9H,7,17H2,1-3H3,(H,18,19). The Morgan fingerprint density at radius 3 is 2.75 bits per heavy atom. The van der Waals surface area contributed by atoms with Gasteiger partial charge in [-0.2, -0.15) is 0 Å². The van der Waals surface area contributed by atoms with Gasteiger partial charge < -0.3 is 11.1 Å². The summed E-state index contributed by atoms with van der Waals surface area (Å²) < 4.78 is 0.981. The van der Waals surface area contributed by atoms with Crippen LogP contribution in [0, 0.1) is 11.8 Å². The number of halogens is 1. The lowest BCUT2D eigenvalue weighted by molar-refractivity contribution is 0.0950. The molecule has 1 aromatic carbocycles. The first-order valence-corrected chi connectivity index (χ1v) is 7.85. The number of benzene rings is 1. The predicted octanol–water partition coefficient (Wildman–Crippen LogP) is 4.16. The molecule has 0 fully saturated rings. The number of fused-ring (bicyclic) bond motifs is 1. The van der Waals surface area contributed by atoms with Crippen LogP contribution in [0.4, 0.5) is 5.69 Å². The second kappa shape index (κ2) is 6.02. The second-order valence-corrected chi connectivity index (χ2v) is 6.91. The number of anilines is 1. The van der Waals surface area contributed by atoms with E-state index in [2.05, 4.69) is 26.1 Å². The molecule has 1 aromatic heterocycles. The molecule has 1 heterocycles. The number of nitrogens with one attached hydrogen (secondary N) is 1. The molecule has 0 aliphatic heterocycles. The minimum absolute atomic E-state index is 0.104. The monoisotopic (exact) mass is 310 g/mol. The molecule has 0 aliphatic carbocycles. The van der Waals surface area contributed by atoms with E-state index < -0.39 is 0 Å². The largest absolute Gasteiger partial charge is 0.397 e. The highest BCUT2D eigenvalue weighted by Crippen LogP contribution is 2.35. The Bertz CT molecular complexity index is 636. The van der Waals surface area contributed by atoms with Crippen molar-refractivity contribution in [3.05, 3.63) is 28.1 Å². The molecule has 108 valence electrons. The normalized spacial score (nSPS) is 12.8. The maximum absolute atomic E-state index is 12.2. The number of carbonyl (C=O) groups is 1. The summed E-state index contributed by atoms with van der Waals surface area (Å²) in [5.74, 6) is 0.866. The van der Waals surface area contributed by atoms with Gasteiger partial charge in [-0.15, -0.1) is 11.3 Å². The van der Waals surface area contributed by atoms with Gasteiger partial charge in [-0.1, -0.05) is 32.4 Å². The van der Waals surface area contributed by atoms with Crippen molar-refractivity contribution in [2.45, 2.75) is 20.8 Å². The van der Waals surface area contributed by atoms with Gasteiger partial charge >= 0.3 is 0 Å². The van der Waals surface area contributed by atoms with Crippen LogP contribution in [0.25, 0.3) is 10.1 Å². The molecule has 1 unspecified atom stereocenters. The lowest BCUT2D eigenvalue weighted by Crippen LogP contribution is -2.30. The fourth-order valence-corrected chi connectivity index (χ4v) is 3.02. The minimum Gasteiger partial charge on any atom is -0.397 e.